The lowest BCUT2D eigenvalue weighted by molar-refractivity contribution is -0.126. The number of carbonyl (C=O) groups is 2. The van der Waals surface area contributed by atoms with Crippen molar-refractivity contribution in [1.29, 1.82) is 5.26 Å². The van der Waals surface area contributed by atoms with Crippen molar-refractivity contribution in [3.63, 3.8) is 0 Å². The molecular weight excluding hydrogens is 440 g/mol. The monoisotopic (exact) mass is 474 g/mol. The van der Waals surface area contributed by atoms with Gasteiger partial charge in [0.25, 0.3) is 11.8 Å². The van der Waals surface area contributed by atoms with E-state index >= 15 is 0 Å². The number of amides is 2. The Bertz CT molecular complexity index is 971. The number of hydrogen-bond acceptors (Lipinski definition) is 6. The quantitative estimate of drug-likeness (QED) is 0.598. The minimum absolute atomic E-state index is 0.362. The average molecular weight is 475 g/mol. The molecule has 1 aromatic rings. The summed E-state index contributed by atoms with van der Waals surface area (Å²) in [4.78, 5) is 28.4. The summed E-state index contributed by atoms with van der Waals surface area (Å²) in [6.07, 6.45) is 6.43. The van der Waals surface area contributed by atoms with Gasteiger partial charge in [-0.05, 0) is 75.4 Å². The molecule has 2 aliphatic rings. The number of nitrogens with one attached hydrogen (secondary N) is 2. The highest BCUT2D eigenvalue weighted by Crippen LogP contribution is 2.30. The van der Waals surface area contributed by atoms with E-state index in [0.717, 1.165) is 45.3 Å². The molecule has 0 radical (unpaired) electrons. The number of hydrogen-bond donors (Lipinski definition) is 2. The predicted molar refractivity (Wildman–Crippen MR) is 126 cm³/mol. The van der Waals surface area contributed by atoms with Crippen LogP contribution in [0.5, 0.6) is 0 Å². The lowest BCUT2D eigenvalue weighted by atomic mass is 9.81. The fraction of sp³-hybridized carbons (Fsp3) is 0.625. The zero-order valence-corrected chi connectivity index (χ0v) is 20.1. The van der Waals surface area contributed by atoms with Crippen molar-refractivity contribution in [3.8, 4) is 6.07 Å². The molecule has 0 atom stereocenters. The highest BCUT2D eigenvalue weighted by Gasteiger charge is 2.42. The molecule has 0 spiro atoms. The Balaban J connectivity index is 1.67. The van der Waals surface area contributed by atoms with Gasteiger partial charge >= 0.3 is 0 Å². The van der Waals surface area contributed by atoms with Crippen LogP contribution >= 0.6 is 0 Å². The zero-order chi connectivity index (χ0) is 23.9. The van der Waals surface area contributed by atoms with E-state index in [4.69, 9.17) is 5.26 Å². The second kappa shape index (κ2) is 11.1. The van der Waals surface area contributed by atoms with E-state index in [1.165, 1.54) is 5.56 Å². The second-order valence-corrected chi connectivity index (χ2v) is 10.9. The van der Waals surface area contributed by atoms with Crippen molar-refractivity contribution < 1.29 is 18.0 Å². The van der Waals surface area contributed by atoms with Gasteiger partial charge in [-0.3, -0.25) is 14.3 Å². The fourth-order valence-electron chi connectivity index (χ4n) is 4.93. The summed E-state index contributed by atoms with van der Waals surface area (Å²) in [6, 6.07) is 9.08. The molecule has 1 aliphatic heterocycles. The standard InChI is InChI=1S/C24H34N4O4S/c1-2-15-28-16-10-20(11-17-28)19-6-8-21(9-7-19)22(29)26-24(12-4-3-5-13-24)23(30)27-33(31,32)18-14-25/h6-9,20H,2-5,10-13,15-18H2,1H3,(H,26,29)(H,27,30). The third-order valence-electron chi connectivity index (χ3n) is 6.77. The van der Waals surface area contributed by atoms with E-state index in [0.29, 0.717) is 37.2 Å². The van der Waals surface area contributed by atoms with Crippen LogP contribution in [0.15, 0.2) is 24.3 Å². The van der Waals surface area contributed by atoms with E-state index in [1.807, 2.05) is 16.9 Å². The molecule has 0 aromatic heterocycles. The molecule has 180 valence electrons. The maximum absolute atomic E-state index is 13.0. The van der Waals surface area contributed by atoms with Gasteiger partial charge < -0.3 is 10.2 Å². The maximum Gasteiger partial charge on any atom is 0.259 e. The van der Waals surface area contributed by atoms with E-state index in [-0.39, 0.29) is 0 Å². The molecule has 1 aliphatic carbocycles. The molecule has 1 saturated heterocycles. The van der Waals surface area contributed by atoms with Gasteiger partial charge in [0.15, 0.2) is 5.75 Å². The van der Waals surface area contributed by atoms with Gasteiger partial charge in [-0.1, -0.05) is 38.3 Å². The highest BCUT2D eigenvalue weighted by atomic mass is 32.2. The van der Waals surface area contributed by atoms with Gasteiger partial charge in [-0.25, -0.2) is 8.42 Å². The Morgan fingerprint density at radius 3 is 2.33 bits per heavy atom. The lowest BCUT2D eigenvalue weighted by Gasteiger charge is -2.36. The third kappa shape index (κ3) is 6.55. The van der Waals surface area contributed by atoms with Crippen molar-refractivity contribution >= 4 is 21.8 Å². The second-order valence-electron chi connectivity index (χ2n) is 9.18. The van der Waals surface area contributed by atoms with Crippen LogP contribution < -0.4 is 10.0 Å². The molecule has 0 bridgehead atoms. The molecule has 2 amide bonds. The van der Waals surface area contributed by atoms with Gasteiger partial charge in [-0.15, -0.1) is 0 Å². The smallest absolute Gasteiger partial charge is 0.259 e. The predicted octanol–water partition coefficient (Wildman–Crippen LogP) is 2.68. The number of benzene rings is 1. The van der Waals surface area contributed by atoms with Gasteiger partial charge in [0.2, 0.25) is 10.0 Å². The number of nitrogens with zero attached hydrogens (tertiary/aromatic N) is 2. The van der Waals surface area contributed by atoms with Crippen LogP contribution in [-0.4, -0.2) is 56.1 Å². The van der Waals surface area contributed by atoms with Gasteiger partial charge in [0, 0.05) is 5.56 Å². The summed E-state index contributed by atoms with van der Waals surface area (Å²) in [6.45, 7) is 5.52. The minimum atomic E-state index is -4.06. The summed E-state index contributed by atoms with van der Waals surface area (Å²) in [5, 5.41) is 11.5. The van der Waals surface area contributed by atoms with Crippen LogP contribution in [0.4, 0.5) is 0 Å². The molecule has 1 heterocycles. The van der Waals surface area contributed by atoms with Crippen LogP contribution in [0, 0.1) is 11.3 Å². The first-order valence-electron chi connectivity index (χ1n) is 11.9. The summed E-state index contributed by atoms with van der Waals surface area (Å²) in [5.41, 5.74) is 0.373. The summed E-state index contributed by atoms with van der Waals surface area (Å²) in [7, 11) is -4.06. The molecule has 0 unspecified atom stereocenters. The van der Waals surface area contributed by atoms with Crippen LogP contribution in [0.1, 0.15) is 80.1 Å². The zero-order valence-electron chi connectivity index (χ0n) is 19.3. The average Bonchev–Trinajstić information content (AvgIpc) is 2.80. The number of piperidine rings is 1. The van der Waals surface area contributed by atoms with Crippen LogP contribution in [-0.2, 0) is 14.8 Å². The summed E-state index contributed by atoms with van der Waals surface area (Å²) >= 11 is 0. The topological polar surface area (TPSA) is 119 Å². The first-order valence-corrected chi connectivity index (χ1v) is 13.5. The SMILES string of the molecule is CCCN1CCC(c2ccc(C(=O)NC3(C(=O)NS(=O)(=O)CC#N)CCCCC3)cc2)CC1. The first kappa shape index (κ1) is 25.2. The summed E-state index contributed by atoms with van der Waals surface area (Å²) < 4.78 is 25.9. The van der Waals surface area contributed by atoms with Crippen molar-refractivity contribution in [2.45, 2.75) is 69.7 Å². The Morgan fingerprint density at radius 2 is 1.76 bits per heavy atom. The molecule has 9 heteroatoms. The normalized spacial score (nSPS) is 19.4. The van der Waals surface area contributed by atoms with Gasteiger partial charge in [-0.2, -0.15) is 5.26 Å². The Labute approximate surface area is 196 Å². The molecule has 8 nitrogen and oxygen atoms in total. The Morgan fingerprint density at radius 1 is 1.12 bits per heavy atom. The van der Waals surface area contributed by atoms with E-state index in [2.05, 4.69) is 17.1 Å². The highest BCUT2D eigenvalue weighted by molar-refractivity contribution is 7.90. The first-order chi connectivity index (χ1) is 15.8. The molecule has 3 rings (SSSR count). The number of likely N-dealkylation sites (tertiary alicyclic amines) is 1. The van der Waals surface area contributed by atoms with Crippen molar-refractivity contribution in [2.24, 2.45) is 0 Å². The number of rotatable bonds is 8. The van der Waals surface area contributed by atoms with Crippen molar-refractivity contribution in [1.82, 2.24) is 14.9 Å². The van der Waals surface area contributed by atoms with Crippen molar-refractivity contribution in [2.75, 3.05) is 25.4 Å². The number of carbonyl (C=O) groups excluding carboxylic acids is 2. The molecular formula is C24H34N4O4S. The van der Waals surface area contributed by atoms with Gasteiger partial charge in [0.1, 0.15) is 5.54 Å². The Hall–Kier alpha value is -2.44. The van der Waals surface area contributed by atoms with E-state index < -0.39 is 33.1 Å². The summed E-state index contributed by atoms with van der Waals surface area (Å²) in [5.74, 6) is -1.48. The Kier molecular flexibility index (Phi) is 8.49. The number of sulfonamides is 1. The van der Waals surface area contributed by atoms with Crippen LogP contribution in [0.25, 0.3) is 0 Å². The van der Waals surface area contributed by atoms with Crippen LogP contribution in [0.2, 0.25) is 0 Å². The molecule has 2 N–H and O–H groups in total. The maximum atomic E-state index is 13.0. The molecule has 2 fully saturated rings. The molecule has 33 heavy (non-hydrogen) atoms. The lowest BCUT2D eigenvalue weighted by Crippen LogP contribution is -2.60. The molecule has 1 aromatic carbocycles. The van der Waals surface area contributed by atoms with Gasteiger partial charge in [0.05, 0.1) is 6.07 Å². The minimum Gasteiger partial charge on any atom is -0.338 e. The number of nitriles is 1. The van der Waals surface area contributed by atoms with E-state index in [1.54, 1.807) is 18.2 Å². The van der Waals surface area contributed by atoms with Crippen LogP contribution in [0.3, 0.4) is 0 Å². The van der Waals surface area contributed by atoms with Crippen molar-refractivity contribution in [3.05, 3.63) is 35.4 Å². The fourth-order valence-corrected chi connectivity index (χ4v) is 5.65. The third-order valence-corrected chi connectivity index (χ3v) is 7.77. The van der Waals surface area contributed by atoms with E-state index in [9.17, 15) is 18.0 Å². The molecule has 1 saturated carbocycles. The largest absolute Gasteiger partial charge is 0.338 e.